The summed E-state index contributed by atoms with van der Waals surface area (Å²) in [5.41, 5.74) is 3.85. The Morgan fingerprint density at radius 3 is 2.36 bits per heavy atom. The number of esters is 1. The fourth-order valence-electron chi connectivity index (χ4n) is 3.85. The van der Waals surface area contributed by atoms with Crippen molar-refractivity contribution in [2.24, 2.45) is 0 Å². The number of carbonyl (C=O) groups is 1. The van der Waals surface area contributed by atoms with Crippen LogP contribution in [0.2, 0.25) is 0 Å². The molecule has 7 nitrogen and oxygen atoms in total. The van der Waals surface area contributed by atoms with Gasteiger partial charge in [-0.3, -0.25) is 15.1 Å². The molecule has 166 valence electrons. The predicted octanol–water partition coefficient (Wildman–Crippen LogP) is 5.47. The smallest absolute Gasteiger partial charge is 0.343 e. The third-order valence-corrected chi connectivity index (χ3v) is 5.57. The molecule has 1 N–H and O–H groups in total. The van der Waals surface area contributed by atoms with Crippen LogP contribution in [0.15, 0.2) is 67.0 Å². The Hall–Kier alpha value is -4.26. The Bertz CT molecular complexity index is 1340. The van der Waals surface area contributed by atoms with Gasteiger partial charge in [-0.2, -0.15) is 0 Å². The SMILES string of the molecule is Cc1cc(CCc2cc3cnccc3cc2C(=O)Oc2ccc([N+](=O)[O-])cc2)cc(C)c1O. The second-order valence-electron chi connectivity index (χ2n) is 7.95. The van der Waals surface area contributed by atoms with Gasteiger partial charge in [-0.25, -0.2) is 4.79 Å². The Morgan fingerprint density at radius 1 is 1.00 bits per heavy atom. The van der Waals surface area contributed by atoms with Gasteiger partial charge in [0.15, 0.2) is 0 Å². The molecule has 0 saturated heterocycles. The number of phenols is 1. The van der Waals surface area contributed by atoms with Gasteiger partial charge in [-0.15, -0.1) is 0 Å². The quantitative estimate of drug-likeness (QED) is 0.184. The highest BCUT2D eigenvalue weighted by Gasteiger charge is 2.17. The van der Waals surface area contributed by atoms with Crippen LogP contribution in [0.25, 0.3) is 10.8 Å². The standard InChI is InChI=1S/C26H22N2O5/c1-16-11-18(12-17(2)25(16)29)3-4-20-13-21-15-27-10-9-19(21)14-24(20)26(30)33-23-7-5-22(6-8-23)28(31)32/h5-15,29H,3-4H2,1-2H3. The van der Waals surface area contributed by atoms with E-state index in [1.807, 2.05) is 38.1 Å². The lowest BCUT2D eigenvalue weighted by Gasteiger charge is -2.13. The summed E-state index contributed by atoms with van der Waals surface area (Å²) in [4.78, 5) is 27.6. The van der Waals surface area contributed by atoms with Crippen LogP contribution in [-0.4, -0.2) is 21.0 Å². The molecule has 0 saturated carbocycles. The summed E-state index contributed by atoms with van der Waals surface area (Å²) in [6.07, 6.45) is 4.67. The zero-order valence-electron chi connectivity index (χ0n) is 18.2. The molecular formula is C26H22N2O5. The number of rotatable bonds is 6. The maximum Gasteiger partial charge on any atom is 0.343 e. The lowest BCUT2D eigenvalue weighted by molar-refractivity contribution is -0.384. The number of aryl methyl sites for hydroxylation is 4. The van der Waals surface area contributed by atoms with Gasteiger partial charge >= 0.3 is 5.97 Å². The molecule has 0 bridgehead atoms. The second kappa shape index (κ2) is 9.08. The van der Waals surface area contributed by atoms with Crippen LogP contribution in [0.3, 0.4) is 0 Å². The van der Waals surface area contributed by atoms with E-state index in [1.54, 1.807) is 18.5 Å². The summed E-state index contributed by atoms with van der Waals surface area (Å²) < 4.78 is 5.52. The topological polar surface area (TPSA) is 103 Å². The van der Waals surface area contributed by atoms with Gasteiger partial charge in [-0.05, 0) is 84.7 Å². The van der Waals surface area contributed by atoms with E-state index < -0.39 is 10.9 Å². The number of aromatic nitrogens is 1. The number of pyridine rings is 1. The van der Waals surface area contributed by atoms with Crippen molar-refractivity contribution in [2.45, 2.75) is 26.7 Å². The van der Waals surface area contributed by atoms with Gasteiger partial charge in [0.1, 0.15) is 11.5 Å². The van der Waals surface area contributed by atoms with Crippen LogP contribution >= 0.6 is 0 Å². The molecule has 4 rings (SSSR count). The van der Waals surface area contributed by atoms with E-state index in [-0.39, 0.29) is 11.4 Å². The Kier molecular flexibility index (Phi) is 6.04. The first-order valence-electron chi connectivity index (χ1n) is 10.4. The Labute approximate surface area is 190 Å². The van der Waals surface area contributed by atoms with E-state index in [0.717, 1.165) is 33.0 Å². The Morgan fingerprint density at radius 2 is 1.70 bits per heavy atom. The minimum absolute atomic E-state index is 0.0758. The van der Waals surface area contributed by atoms with E-state index in [1.165, 1.54) is 24.3 Å². The van der Waals surface area contributed by atoms with Crippen molar-refractivity contribution in [1.82, 2.24) is 4.98 Å². The summed E-state index contributed by atoms with van der Waals surface area (Å²) in [6, 6.07) is 14.8. The molecule has 7 heteroatoms. The normalized spacial score (nSPS) is 10.8. The van der Waals surface area contributed by atoms with Gasteiger partial charge < -0.3 is 9.84 Å². The molecule has 3 aromatic carbocycles. The minimum atomic E-state index is -0.532. The highest BCUT2D eigenvalue weighted by Crippen LogP contribution is 2.26. The number of benzene rings is 3. The van der Waals surface area contributed by atoms with Crippen LogP contribution in [-0.2, 0) is 12.8 Å². The average Bonchev–Trinajstić information content (AvgIpc) is 2.80. The number of nitro groups is 1. The molecule has 33 heavy (non-hydrogen) atoms. The van der Waals surface area contributed by atoms with E-state index in [9.17, 15) is 20.0 Å². The monoisotopic (exact) mass is 442 g/mol. The van der Waals surface area contributed by atoms with E-state index in [2.05, 4.69) is 4.98 Å². The highest BCUT2D eigenvalue weighted by atomic mass is 16.6. The maximum atomic E-state index is 13.1. The number of ether oxygens (including phenoxy) is 1. The fraction of sp³-hybridized carbons (Fsp3) is 0.154. The van der Waals surface area contributed by atoms with E-state index >= 15 is 0 Å². The largest absolute Gasteiger partial charge is 0.507 e. The highest BCUT2D eigenvalue weighted by molar-refractivity contribution is 5.98. The third-order valence-electron chi connectivity index (χ3n) is 5.57. The number of fused-ring (bicyclic) bond motifs is 1. The van der Waals surface area contributed by atoms with Crippen LogP contribution < -0.4 is 4.74 Å². The molecule has 0 fully saturated rings. The molecule has 0 amide bonds. The number of carbonyl (C=O) groups excluding carboxylic acids is 1. The molecule has 1 aromatic heterocycles. The zero-order valence-corrected chi connectivity index (χ0v) is 18.2. The van der Waals surface area contributed by atoms with Crippen molar-refractivity contribution in [2.75, 3.05) is 0 Å². The molecule has 1 heterocycles. The summed E-state index contributed by atoms with van der Waals surface area (Å²) in [5.74, 6) is -0.00492. The fourth-order valence-corrected chi connectivity index (χ4v) is 3.85. The molecule has 0 aliphatic rings. The molecule has 0 radical (unpaired) electrons. The average molecular weight is 442 g/mol. The summed E-state index contributed by atoms with van der Waals surface area (Å²) in [7, 11) is 0. The van der Waals surface area contributed by atoms with Crippen molar-refractivity contribution in [3.8, 4) is 11.5 Å². The molecule has 0 unspecified atom stereocenters. The Balaban J connectivity index is 1.64. The third kappa shape index (κ3) is 4.82. The van der Waals surface area contributed by atoms with Crippen LogP contribution in [0.4, 0.5) is 5.69 Å². The molecule has 0 spiro atoms. The summed E-state index contributed by atoms with van der Waals surface area (Å²) in [6.45, 7) is 3.72. The first-order chi connectivity index (χ1) is 15.8. The summed E-state index contributed by atoms with van der Waals surface area (Å²) in [5, 5.41) is 22.7. The second-order valence-corrected chi connectivity index (χ2v) is 7.95. The lowest BCUT2D eigenvalue weighted by Crippen LogP contribution is -2.12. The molecule has 4 aromatic rings. The number of phenolic OH excluding ortho intramolecular Hbond substituents is 1. The number of nitrogens with zero attached hydrogens (tertiary/aromatic N) is 2. The van der Waals surface area contributed by atoms with Crippen LogP contribution in [0.5, 0.6) is 11.5 Å². The van der Waals surface area contributed by atoms with Gasteiger partial charge in [-0.1, -0.05) is 12.1 Å². The minimum Gasteiger partial charge on any atom is -0.507 e. The molecular weight excluding hydrogens is 420 g/mol. The molecule has 0 aliphatic carbocycles. The van der Waals surface area contributed by atoms with Crippen molar-refractivity contribution < 1.29 is 19.6 Å². The first kappa shape index (κ1) is 22.0. The van der Waals surface area contributed by atoms with Crippen LogP contribution in [0.1, 0.15) is 32.6 Å². The number of hydrogen-bond acceptors (Lipinski definition) is 6. The van der Waals surface area contributed by atoms with E-state index in [4.69, 9.17) is 4.74 Å². The van der Waals surface area contributed by atoms with E-state index in [0.29, 0.717) is 24.2 Å². The van der Waals surface area contributed by atoms with Gasteiger partial charge in [0.25, 0.3) is 5.69 Å². The number of non-ortho nitro benzene ring substituents is 1. The predicted molar refractivity (Wildman–Crippen MR) is 125 cm³/mol. The summed E-state index contributed by atoms with van der Waals surface area (Å²) >= 11 is 0. The molecule has 0 atom stereocenters. The number of nitro benzene ring substituents is 1. The van der Waals surface area contributed by atoms with Crippen LogP contribution in [0, 0.1) is 24.0 Å². The van der Waals surface area contributed by atoms with Crippen molar-refractivity contribution >= 4 is 22.4 Å². The number of aromatic hydroxyl groups is 1. The first-order valence-corrected chi connectivity index (χ1v) is 10.4. The van der Waals surface area contributed by atoms with Crippen molar-refractivity contribution in [3.05, 3.63) is 105 Å². The number of hydrogen-bond donors (Lipinski definition) is 1. The van der Waals surface area contributed by atoms with Crippen molar-refractivity contribution in [3.63, 3.8) is 0 Å². The zero-order chi connectivity index (χ0) is 23.5. The molecule has 0 aliphatic heterocycles. The van der Waals surface area contributed by atoms with Crippen molar-refractivity contribution in [1.29, 1.82) is 0 Å². The lowest BCUT2D eigenvalue weighted by atomic mass is 9.95. The van der Waals surface area contributed by atoms with Gasteiger partial charge in [0.05, 0.1) is 10.5 Å². The maximum absolute atomic E-state index is 13.1. The van der Waals surface area contributed by atoms with Gasteiger partial charge in [0.2, 0.25) is 0 Å². The van der Waals surface area contributed by atoms with Gasteiger partial charge in [0, 0.05) is 29.9 Å².